The number of amides is 2. The summed E-state index contributed by atoms with van der Waals surface area (Å²) < 4.78 is 0. The van der Waals surface area contributed by atoms with Gasteiger partial charge in [0.05, 0.1) is 0 Å². The lowest BCUT2D eigenvalue weighted by Crippen LogP contribution is -2.46. The molecular formula is C15H17NO5. The fourth-order valence-corrected chi connectivity index (χ4v) is 2.43. The molecule has 1 fully saturated rings. The van der Waals surface area contributed by atoms with Crippen molar-refractivity contribution in [1.82, 2.24) is 4.90 Å². The van der Waals surface area contributed by atoms with Gasteiger partial charge in [-0.3, -0.25) is 14.5 Å². The van der Waals surface area contributed by atoms with Gasteiger partial charge in [-0.05, 0) is 17.7 Å². The molecule has 3 atom stereocenters. The number of carbonyl (C=O) groups is 3. The van der Waals surface area contributed by atoms with E-state index in [0.29, 0.717) is 5.56 Å². The largest absolute Gasteiger partial charge is 0.508 e. The molecule has 1 aliphatic heterocycles. The Morgan fingerprint density at radius 2 is 1.62 bits per heavy atom. The van der Waals surface area contributed by atoms with E-state index >= 15 is 0 Å². The number of hydrogen-bond donors (Lipinski definition) is 2. The lowest BCUT2D eigenvalue weighted by molar-refractivity contribution is -0.154. The summed E-state index contributed by atoms with van der Waals surface area (Å²) in [7, 11) is 0. The SMILES string of the molecule is CC1C(=O)N(C(Cc2ccc(O)cc2)C(=O)O)C(=O)C1C. The number of phenols is 1. The molecule has 2 amide bonds. The maximum Gasteiger partial charge on any atom is 0.327 e. The van der Waals surface area contributed by atoms with Crippen LogP contribution in [0.4, 0.5) is 0 Å². The zero-order valence-corrected chi connectivity index (χ0v) is 11.8. The number of carbonyl (C=O) groups excluding carboxylic acids is 2. The zero-order chi connectivity index (χ0) is 15.7. The number of nitrogens with zero attached hydrogens (tertiary/aromatic N) is 1. The van der Waals surface area contributed by atoms with Crippen LogP contribution in [0.5, 0.6) is 5.75 Å². The number of carboxylic acid groups (broad SMARTS) is 1. The zero-order valence-electron chi connectivity index (χ0n) is 11.8. The van der Waals surface area contributed by atoms with Crippen molar-refractivity contribution in [1.29, 1.82) is 0 Å². The molecule has 0 bridgehead atoms. The number of phenolic OH excluding ortho intramolecular Hbond substituents is 1. The van der Waals surface area contributed by atoms with Gasteiger partial charge in [-0.1, -0.05) is 26.0 Å². The average molecular weight is 291 g/mol. The third kappa shape index (κ3) is 2.74. The molecular weight excluding hydrogens is 274 g/mol. The van der Waals surface area contributed by atoms with E-state index in [1.807, 2.05) is 0 Å². The summed E-state index contributed by atoms with van der Waals surface area (Å²) in [5, 5.41) is 18.6. The normalized spacial score (nSPS) is 23.4. The van der Waals surface area contributed by atoms with Crippen LogP contribution in [0.25, 0.3) is 0 Å². The molecule has 1 aromatic rings. The number of hydrogen-bond acceptors (Lipinski definition) is 4. The summed E-state index contributed by atoms with van der Waals surface area (Å²) in [6.45, 7) is 3.26. The fraction of sp³-hybridized carbons (Fsp3) is 0.400. The first kappa shape index (κ1) is 15.0. The van der Waals surface area contributed by atoms with E-state index in [-0.39, 0.29) is 12.2 Å². The van der Waals surface area contributed by atoms with Gasteiger partial charge in [-0.25, -0.2) is 4.79 Å². The first-order valence-electron chi connectivity index (χ1n) is 6.70. The minimum Gasteiger partial charge on any atom is -0.508 e. The van der Waals surface area contributed by atoms with Gasteiger partial charge in [0, 0.05) is 18.3 Å². The van der Waals surface area contributed by atoms with Crippen LogP contribution in [0.3, 0.4) is 0 Å². The van der Waals surface area contributed by atoms with Crippen LogP contribution in [-0.2, 0) is 20.8 Å². The highest BCUT2D eigenvalue weighted by Gasteiger charge is 2.47. The number of imide groups is 1. The molecule has 2 N–H and O–H groups in total. The highest BCUT2D eigenvalue weighted by Crippen LogP contribution is 2.28. The van der Waals surface area contributed by atoms with E-state index in [4.69, 9.17) is 0 Å². The smallest absolute Gasteiger partial charge is 0.327 e. The molecule has 1 saturated heterocycles. The van der Waals surface area contributed by atoms with Crippen LogP contribution >= 0.6 is 0 Å². The first-order valence-corrected chi connectivity index (χ1v) is 6.70. The summed E-state index contributed by atoms with van der Waals surface area (Å²) in [5.41, 5.74) is 0.632. The van der Waals surface area contributed by atoms with E-state index < -0.39 is 35.7 Å². The number of carboxylic acids is 1. The maximum absolute atomic E-state index is 12.1. The number of benzene rings is 1. The summed E-state index contributed by atoms with van der Waals surface area (Å²) in [6.07, 6.45) is 0.0204. The summed E-state index contributed by atoms with van der Waals surface area (Å²) in [4.78, 5) is 36.6. The van der Waals surface area contributed by atoms with Crippen molar-refractivity contribution in [3.63, 3.8) is 0 Å². The molecule has 0 aromatic heterocycles. The molecule has 2 rings (SSSR count). The van der Waals surface area contributed by atoms with Crippen LogP contribution in [0.1, 0.15) is 19.4 Å². The van der Waals surface area contributed by atoms with E-state index in [1.54, 1.807) is 26.0 Å². The van der Waals surface area contributed by atoms with Gasteiger partial charge < -0.3 is 10.2 Å². The second kappa shape index (κ2) is 5.55. The predicted molar refractivity (Wildman–Crippen MR) is 73.4 cm³/mol. The number of aliphatic carboxylic acids is 1. The van der Waals surface area contributed by atoms with E-state index in [2.05, 4.69) is 0 Å². The summed E-state index contributed by atoms with van der Waals surface area (Å²) >= 11 is 0. The average Bonchev–Trinajstić information content (AvgIpc) is 2.63. The van der Waals surface area contributed by atoms with E-state index in [9.17, 15) is 24.6 Å². The second-order valence-electron chi connectivity index (χ2n) is 5.35. The Bertz CT molecular complexity index is 560. The molecule has 1 heterocycles. The lowest BCUT2D eigenvalue weighted by atomic mass is 10.00. The Hall–Kier alpha value is -2.37. The molecule has 0 spiro atoms. The van der Waals surface area contributed by atoms with Crippen LogP contribution < -0.4 is 0 Å². The van der Waals surface area contributed by atoms with Gasteiger partial charge in [0.1, 0.15) is 11.8 Å². The highest BCUT2D eigenvalue weighted by atomic mass is 16.4. The minimum atomic E-state index is -1.22. The van der Waals surface area contributed by atoms with Crippen molar-refractivity contribution in [3.8, 4) is 5.75 Å². The molecule has 21 heavy (non-hydrogen) atoms. The molecule has 0 aliphatic carbocycles. The van der Waals surface area contributed by atoms with Gasteiger partial charge in [-0.15, -0.1) is 0 Å². The predicted octanol–water partition coefficient (Wildman–Crippen LogP) is 1.03. The van der Waals surface area contributed by atoms with Crippen molar-refractivity contribution in [2.24, 2.45) is 11.8 Å². The highest BCUT2D eigenvalue weighted by molar-refractivity contribution is 6.07. The summed E-state index contributed by atoms with van der Waals surface area (Å²) in [5.74, 6) is -3.04. The van der Waals surface area contributed by atoms with E-state index in [0.717, 1.165) is 4.90 Å². The Morgan fingerprint density at radius 1 is 1.14 bits per heavy atom. The Kier molecular flexibility index (Phi) is 3.97. The monoisotopic (exact) mass is 291 g/mol. The first-order chi connectivity index (χ1) is 9.82. The molecule has 0 saturated carbocycles. The molecule has 3 unspecified atom stereocenters. The third-order valence-electron chi connectivity index (χ3n) is 3.97. The minimum absolute atomic E-state index is 0.0204. The third-order valence-corrected chi connectivity index (χ3v) is 3.97. The van der Waals surface area contributed by atoms with Gasteiger partial charge in [0.25, 0.3) is 0 Å². The van der Waals surface area contributed by atoms with Crippen LogP contribution in [0, 0.1) is 11.8 Å². The second-order valence-corrected chi connectivity index (χ2v) is 5.35. The van der Waals surface area contributed by atoms with Crippen molar-refractivity contribution < 1.29 is 24.6 Å². The van der Waals surface area contributed by atoms with Gasteiger partial charge in [0.2, 0.25) is 11.8 Å². The van der Waals surface area contributed by atoms with Gasteiger partial charge in [0.15, 0.2) is 0 Å². The maximum atomic E-state index is 12.1. The van der Waals surface area contributed by atoms with Crippen LogP contribution in [0.2, 0.25) is 0 Å². The topological polar surface area (TPSA) is 94.9 Å². The molecule has 112 valence electrons. The van der Waals surface area contributed by atoms with Crippen LogP contribution in [-0.4, -0.2) is 38.9 Å². The summed E-state index contributed by atoms with van der Waals surface area (Å²) in [6, 6.07) is 4.80. The fourth-order valence-electron chi connectivity index (χ4n) is 2.43. The lowest BCUT2D eigenvalue weighted by Gasteiger charge is -2.23. The van der Waals surface area contributed by atoms with Gasteiger partial charge >= 0.3 is 5.97 Å². The number of aromatic hydroxyl groups is 1. The van der Waals surface area contributed by atoms with Crippen LogP contribution in [0.15, 0.2) is 24.3 Å². The molecule has 0 radical (unpaired) electrons. The quantitative estimate of drug-likeness (QED) is 0.808. The molecule has 6 heteroatoms. The Morgan fingerprint density at radius 3 is 2.05 bits per heavy atom. The number of likely N-dealkylation sites (tertiary alicyclic amines) is 1. The van der Waals surface area contributed by atoms with Crippen molar-refractivity contribution in [3.05, 3.63) is 29.8 Å². The standard InChI is InChI=1S/C15H17NO5/c1-8-9(2)14(19)16(13(8)18)12(15(20)21)7-10-3-5-11(17)6-4-10/h3-6,8-9,12,17H,7H2,1-2H3,(H,20,21). The Balaban J connectivity index is 2.27. The van der Waals surface area contributed by atoms with Crippen molar-refractivity contribution in [2.45, 2.75) is 26.3 Å². The number of rotatable bonds is 4. The Labute approximate surface area is 122 Å². The van der Waals surface area contributed by atoms with Crippen molar-refractivity contribution in [2.75, 3.05) is 0 Å². The van der Waals surface area contributed by atoms with Gasteiger partial charge in [-0.2, -0.15) is 0 Å². The molecule has 6 nitrogen and oxygen atoms in total. The molecule has 1 aromatic carbocycles. The molecule has 1 aliphatic rings. The van der Waals surface area contributed by atoms with E-state index in [1.165, 1.54) is 12.1 Å². The van der Waals surface area contributed by atoms with Crippen molar-refractivity contribution >= 4 is 17.8 Å².